The molecule has 3 aliphatic rings. The zero-order valence-corrected chi connectivity index (χ0v) is 8.68. The first-order valence-electron chi connectivity index (χ1n) is 4.67. The van der Waals surface area contributed by atoms with E-state index in [1.165, 1.54) is 24.8 Å². The Bertz CT molecular complexity index is 319. The van der Waals surface area contributed by atoms with Gasteiger partial charge in [-0.1, -0.05) is 0 Å². The Labute approximate surface area is 89.5 Å². The molecule has 0 saturated heterocycles. The number of pyridine rings is 1. The molecule has 4 heteroatoms. The molecular formula is C10H14ClN3. The summed E-state index contributed by atoms with van der Waals surface area (Å²) in [5.41, 5.74) is 5.07. The van der Waals surface area contributed by atoms with Gasteiger partial charge >= 0.3 is 0 Å². The Hall–Kier alpha value is -0.640. The number of nitrogens with zero attached hydrogens (tertiary/aromatic N) is 1. The maximum atomic E-state index is 5.48. The molecule has 0 amide bonds. The molecule has 3 fully saturated rings. The van der Waals surface area contributed by atoms with Gasteiger partial charge in [0.15, 0.2) is 0 Å². The highest BCUT2D eigenvalue weighted by molar-refractivity contribution is 5.85. The Morgan fingerprint density at radius 2 is 1.79 bits per heavy atom. The molecule has 0 radical (unpaired) electrons. The highest BCUT2D eigenvalue weighted by Crippen LogP contribution is 2.67. The van der Waals surface area contributed by atoms with Crippen LogP contribution < -0.4 is 11.3 Å². The summed E-state index contributed by atoms with van der Waals surface area (Å²) in [6.45, 7) is 0. The van der Waals surface area contributed by atoms with Crippen LogP contribution in [0.4, 0.5) is 0 Å². The lowest BCUT2D eigenvalue weighted by atomic mass is 9.38. The second-order valence-corrected chi connectivity index (χ2v) is 4.47. The molecule has 0 spiro atoms. The molecule has 0 aromatic carbocycles. The van der Waals surface area contributed by atoms with Crippen molar-refractivity contribution in [3.63, 3.8) is 0 Å². The molecule has 1 aromatic heterocycles. The minimum absolute atomic E-state index is 0. The van der Waals surface area contributed by atoms with Gasteiger partial charge in [0.1, 0.15) is 0 Å². The normalized spacial score (nSPS) is 37.8. The lowest BCUT2D eigenvalue weighted by molar-refractivity contribution is -0.0883. The van der Waals surface area contributed by atoms with Crippen molar-refractivity contribution in [1.82, 2.24) is 10.4 Å². The highest BCUT2D eigenvalue weighted by atomic mass is 35.5. The average molecular weight is 212 g/mol. The lowest BCUT2D eigenvalue weighted by Gasteiger charge is -2.70. The van der Waals surface area contributed by atoms with Crippen molar-refractivity contribution in [3.8, 4) is 0 Å². The largest absolute Gasteiger partial charge is 0.271 e. The van der Waals surface area contributed by atoms with Crippen LogP contribution >= 0.6 is 12.4 Å². The first-order valence-corrected chi connectivity index (χ1v) is 4.67. The second kappa shape index (κ2) is 2.92. The van der Waals surface area contributed by atoms with E-state index in [0.29, 0.717) is 5.41 Å². The van der Waals surface area contributed by atoms with Gasteiger partial charge in [0.05, 0.1) is 0 Å². The van der Waals surface area contributed by atoms with E-state index in [1.807, 2.05) is 12.4 Å². The van der Waals surface area contributed by atoms with Crippen molar-refractivity contribution in [3.05, 3.63) is 30.1 Å². The fraction of sp³-hybridized carbons (Fsp3) is 0.500. The Balaban J connectivity index is 0.000000750. The third kappa shape index (κ3) is 1.03. The van der Waals surface area contributed by atoms with Crippen molar-refractivity contribution >= 4 is 12.4 Å². The van der Waals surface area contributed by atoms with E-state index < -0.39 is 0 Å². The summed E-state index contributed by atoms with van der Waals surface area (Å²) >= 11 is 0. The van der Waals surface area contributed by atoms with Crippen LogP contribution in [0.2, 0.25) is 0 Å². The molecule has 3 aliphatic carbocycles. The molecule has 0 aliphatic heterocycles. The quantitative estimate of drug-likeness (QED) is 0.570. The van der Waals surface area contributed by atoms with Crippen molar-refractivity contribution in [1.29, 1.82) is 0 Å². The molecular weight excluding hydrogens is 198 g/mol. The number of nitrogens with one attached hydrogen (secondary N) is 1. The molecule has 0 atom stereocenters. The monoisotopic (exact) mass is 211 g/mol. The lowest BCUT2D eigenvalue weighted by Crippen LogP contribution is -2.77. The predicted octanol–water partition coefficient (Wildman–Crippen LogP) is 1.14. The molecule has 1 heterocycles. The van der Waals surface area contributed by atoms with Crippen LogP contribution in [0.25, 0.3) is 0 Å². The maximum Gasteiger partial charge on any atom is 0.0346 e. The molecule has 3 saturated carbocycles. The van der Waals surface area contributed by atoms with E-state index in [9.17, 15) is 0 Å². The SMILES string of the molecule is Cl.NNC12CC(c3ccncc3)(C1)C2. The molecule has 14 heavy (non-hydrogen) atoms. The summed E-state index contributed by atoms with van der Waals surface area (Å²) in [6, 6.07) is 4.25. The first-order chi connectivity index (χ1) is 6.29. The smallest absolute Gasteiger partial charge is 0.0346 e. The van der Waals surface area contributed by atoms with Gasteiger partial charge in [-0.3, -0.25) is 16.3 Å². The molecule has 3 nitrogen and oxygen atoms in total. The maximum absolute atomic E-state index is 5.48. The van der Waals surface area contributed by atoms with Crippen molar-refractivity contribution in [2.45, 2.75) is 30.2 Å². The summed E-state index contributed by atoms with van der Waals surface area (Å²) in [4.78, 5) is 4.03. The highest BCUT2D eigenvalue weighted by Gasteiger charge is 2.67. The summed E-state index contributed by atoms with van der Waals surface area (Å²) < 4.78 is 0. The van der Waals surface area contributed by atoms with E-state index in [4.69, 9.17) is 5.84 Å². The molecule has 2 bridgehead atoms. The van der Waals surface area contributed by atoms with E-state index in [-0.39, 0.29) is 17.9 Å². The number of nitrogens with two attached hydrogens (primary N) is 1. The topological polar surface area (TPSA) is 50.9 Å². The summed E-state index contributed by atoms with van der Waals surface area (Å²) in [5, 5.41) is 0. The van der Waals surface area contributed by atoms with Crippen molar-refractivity contribution < 1.29 is 0 Å². The van der Waals surface area contributed by atoms with E-state index in [1.54, 1.807) is 0 Å². The Kier molecular flexibility index (Phi) is 2.07. The molecule has 4 rings (SSSR count). The number of rotatable bonds is 2. The molecule has 76 valence electrons. The fourth-order valence-corrected chi connectivity index (χ4v) is 2.95. The van der Waals surface area contributed by atoms with E-state index in [0.717, 1.165) is 0 Å². The predicted molar refractivity (Wildman–Crippen MR) is 57.1 cm³/mol. The third-order valence-corrected chi connectivity index (χ3v) is 3.63. The summed E-state index contributed by atoms with van der Waals surface area (Å²) in [5.74, 6) is 5.48. The van der Waals surface area contributed by atoms with Gasteiger partial charge in [0.25, 0.3) is 0 Å². The minimum atomic E-state index is 0. The van der Waals surface area contributed by atoms with Crippen LogP contribution in [0, 0.1) is 0 Å². The van der Waals surface area contributed by atoms with E-state index >= 15 is 0 Å². The zero-order valence-electron chi connectivity index (χ0n) is 7.86. The number of aromatic nitrogens is 1. The Morgan fingerprint density at radius 1 is 1.21 bits per heavy atom. The van der Waals surface area contributed by atoms with Crippen molar-refractivity contribution in [2.75, 3.05) is 0 Å². The number of halogens is 1. The fourth-order valence-electron chi connectivity index (χ4n) is 2.95. The van der Waals surface area contributed by atoms with Gasteiger partial charge in [0, 0.05) is 23.3 Å². The van der Waals surface area contributed by atoms with Crippen LogP contribution in [0.15, 0.2) is 24.5 Å². The first kappa shape index (κ1) is 9.90. The third-order valence-electron chi connectivity index (χ3n) is 3.63. The molecule has 3 N–H and O–H groups in total. The van der Waals surface area contributed by atoms with Gasteiger partial charge in [0.2, 0.25) is 0 Å². The van der Waals surface area contributed by atoms with Crippen LogP contribution in [0.1, 0.15) is 24.8 Å². The molecule has 0 unspecified atom stereocenters. The van der Waals surface area contributed by atoms with Crippen LogP contribution in [-0.4, -0.2) is 10.5 Å². The Morgan fingerprint density at radius 3 is 2.29 bits per heavy atom. The summed E-state index contributed by atoms with van der Waals surface area (Å²) in [6.07, 6.45) is 7.33. The van der Waals surface area contributed by atoms with E-state index in [2.05, 4.69) is 22.5 Å². The van der Waals surface area contributed by atoms with Gasteiger partial charge in [-0.2, -0.15) is 0 Å². The zero-order chi connectivity index (χ0) is 8.94. The second-order valence-electron chi connectivity index (χ2n) is 4.47. The van der Waals surface area contributed by atoms with Crippen LogP contribution in [0.3, 0.4) is 0 Å². The van der Waals surface area contributed by atoms with Crippen LogP contribution in [0.5, 0.6) is 0 Å². The number of hydrogen-bond acceptors (Lipinski definition) is 3. The summed E-state index contributed by atoms with van der Waals surface area (Å²) in [7, 11) is 0. The van der Waals surface area contributed by atoms with Gasteiger partial charge in [-0.05, 0) is 37.0 Å². The minimum Gasteiger partial charge on any atom is -0.271 e. The van der Waals surface area contributed by atoms with Crippen molar-refractivity contribution in [2.24, 2.45) is 5.84 Å². The number of hydrogen-bond donors (Lipinski definition) is 2. The van der Waals surface area contributed by atoms with Gasteiger partial charge in [-0.25, -0.2) is 0 Å². The van der Waals surface area contributed by atoms with Crippen LogP contribution in [-0.2, 0) is 5.41 Å². The molecule has 1 aromatic rings. The van der Waals surface area contributed by atoms with Gasteiger partial charge in [-0.15, -0.1) is 12.4 Å². The van der Waals surface area contributed by atoms with Gasteiger partial charge < -0.3 is 0 Å². The standard InChI is InChI=1S/C10H13N3.ClH/c11-13-10-5-9(6-10,7-10)8-1-3-12-4-2-8;/h1-4,13H,5-7,11H2;1H. The number of hydrazine groups is 1. The average Bonchev–Trinajstić information content (AvgIpc) is 2.02.